The number of nitrogens with zero attached hydrogens (tertiary/aromatic N) is 2. The molecule has 1 fully saturated rings. The molecular weight excluding hydrogens is 329 g/mol. The molecule has 0 radical (unpaired) electrons. The van der Waals surface area contributed by atoms with E-state index in [-0.39, 0.29) is 42.3 Å². The van der Waals surface area contributed by atoms with Crippen molar-refractivity contribution in [3.8, 4) is 5.75 Å². The molecule has 0 saturated carbocycles. The fourth-order valence-electron chi connectivity index (χ4n) is 2.57. The van der Waals surface area contributed by atoms with Crippen LogP contribution < -0.4 is 5.32 Å². The number of rotatable bonds is 4. The molecule has 2 rings (SSSR count). The van der Waals surface area contributed by atoms with Gasteiger partial charge in [-0.25, -0.2) is 0 Å². The van der Waals surface area contributed by atoms with E-state index in [4.69, 9.17) is 0 Å². The van der Waals surface area contributed by atoms with Crippen LogP contribution in [-0.4, -0.2) is 41.1 Å². The van der Waals surface area contributed by atoms with Crippen molar-refractivity contribution in [1.82, 2.24) is 10.2 Å². The van der Waals surface area contributed by atoms with Crippen LogP contribution in [0.15, 0.2) is 24.8 Å². The summed E-state index contributed by atoms with van der Waals surface area (Å²) in [4.78, 5) is 12.9. The zero-order valence-electron chi connectivity index (χ0n) is 12.3. The molecule has 22 heavy (non-hydrogen) atoms. The second kappa shape index (κ2) is 8.95. The predicted octanol–water partition coefficient (Wildman–Crippen LogP) is 2.58. The van der Waals surface area contributed by atoms with E-state index in [2.05, 4.69) is 16.8 Å². The van der Waals surface area contributed by atoms with Crippen LogP contribution in [0.2, 0.25) is 0 Å². The Morgan fingerprint density at radius 3 is 2.50 bits per heavy atom. The van der Waals surface area contributed by atoms with Gasteiger partial charge in [0.05, 0.1) is 16.5 Å². The monoisotopic (exact) mass is 349 g/mol. The summed E-state index contributed by atoms with van der Waals surface area (Å²) in [6.07, 6.45) is 1.66. The van der Waals surface area contributed by atoms with Gasteiger partial charge in [0.25, 0.3) is 5.69 Å². The Labute approximate surface area is 142 Å². The Kier molecular flexibility index (Phi) is 8.40. The first-order valence-electron chi connectivity index (χ1n) is 6.60. The van der Waals surface area contributed by atoms with Gasteiger partial charge >= 0.3 is 0 Å². The molecule has 1 aliphatic heterocycles. The Bertz CT molecular complexity index is 534. The molecule has 1 aromatic carbocycles. The van der Waals surface area contributed by atoms with Crippen molar-refractivity contribution in [1.29, 1.82) is 0 Å². The minimum atomic E-state index is -0.451. The number of piperazine rings is 1. The average Bonchev–Trinajstić information content (AvgIpc) is 2.45. The van der Waals surface area contributed by atoms with Crippen molar-refractivity contribution in [2.45, 2.75) is 13.0 Å². The lowest BCUT2D eigenvalue weighted by Crippen LogP contribution is -2.44. The van der Waals surface area contributed by atoms with Gasteiger partial charge in [-0.05, 0) is 18.6 Å². The molecule has 0 unspecified atom stereocenters. The van der Waals surface area contributed by atoms with Gasteiger partial charge in [0.1, 0.15) is 5.75 Å². The first-order valence-corrected chi connectivity index (χ1v) is 6.60. The third-order valence-corrected chi connectivity index (χ3v) is 3.66. The van der Waals surface area contributed by atoms with Crippen LogP contribution in [0.5, 0.6) is 5.75 Å². The highest BCUT2D eigenvalue weighted by Gasteiger charge is 2.29. The second-order valence-corrected chi connectivity index (χ2v) is 4.89. The van der Waals surface area contributed by atoms with E-state index in [1.165, 1.54) is 6.07 Å². The van der Waals surface area contributed by atoms with E-state index in [1.807, 2.05) is 0 Å². The van der Waals surface area contributed by atoms with Gasteiger partial charge in [0.15, 0.2) is 0 Å². The average molecular weight is 350 g/mol. The minimum Gasteiger partial charge on any atom is -0.507 e. The number of nitro benzene ring substituents is 1. The van der Waals surface area contributed by atoms with Gasteiger partial charge in [-0.1, -0.05) is 6.08 Å². The quantitative estimate of drug-likeness (QED) is 0.496. The summed E-state index contributed by atoms with van der Waals surface area (Å²) >= 11 is 0. The molecule has 1 heterocycles. The SMILES string of the molecule is C=C[C@@H](c1c([N+](=O)[O-])ccc(C)c1O)N1CCNCC1.Cl.Cl. The summed E-state index contributed by atoms with van der Waals surface area (Å²) in [5.41, 5.74) is 0.913. The summed E-state index contributed by atoms with van der Waals surface area (Å²) in [5.74, 6) is -0.0115. The van der Waals surface area contributed by atoms with Crippen molar-refractivity contribution in [3.63, 3.8) is 0 Å². The molecule has 0 amide bonds. The van der Waals surface area contributed by atoms with Gasteiger partial charge in [-0.2, -0.15) is 0 Å². The standard InChI is InChI=1S/C14H19N3O3.2ClH/c1-3-11(16-8-6-15-7-9-16)13-12(17(19)20)5-4-10(2)14(13)18;;/h3-5,11,15,18H,1,6-9H2,2H3;2*1H/t11-;;/m0../s1. The van der Waals surface area contributed by atoms with Gasteiger partial charge < -0.3 is 10.4 Å². The first-order chi connectivity index (χ1) is 9.56. The van der Waals surface area contributed by atoms with Crippen LogP contribution in [0.1, 0.15) is 17.2 Å². The van der Waals surface area contributed by atoms with Crippen LogP contribution in [0, 0.1) is 17.0 Å². The Hall–Kier alpha value is -1.34. The molecule has 1 aromatic rings. The molecule has 6 nitrogen and oxygen atoms in total. The number of phenolic OH excluding ortho intramolecular Hbond substituents is 1. The molecule has 1 saturated heterocycles. The lowest BCUT2D eigenvalue weighted by atomic mass is 9.98. The van der Waals surface area contributed by atoms with Crippen molar-refractivity contribution < 1.29 is 10.0 Å². The van der Waals surface area contributed by atoms with Crippen molar-refractivity contribution in [2.75, 3.05) is 26.2 Å². The van der Waals surface area contributed by atoms with Gasteiger partial charge in [-0.15, -0.1) is 31.4 Å². The smallest absolute Gasteiger partial charge is 0.278 e. The number of hydrogen-bond donors (Lipinski definition) is 2. The molecule has 1 aliphatic rings. The van der Waals surface area contributed by atoms with Crippen molar-refractivity contribution in [2.24, 2.45) is 0 Å². The molecular formula is C14H21Cl2N3O3. The number of aryl methyl sites for hydroxylation is 1. The maximum atomic E-state index is 11.2. The zero-order valence-corrected chi connectivity index (χ0v) is 14.0. The topological polar surface area (TPSA) is 78.6 Å². The molecule has 0 spiro atoms. The Morgan fingerprint density at radius 2 is 2.00 bits per heavy atom. The minimum absolute atomic E-state index is 0. The maximum Gasteiger partial charge on any atom is 0.278 e. The molecule has 124 valence electrons. The molecule has 8 heteroatoms. The van der Waals surface area contributed by atoms with Crippen LogP contribution in [0.3, 0.4) is 0 Å². The third kappa shape index (κ3) is 4.10. The molecule has 0 aliphatic carbocycles. The van der Waals surface area contributed by atoms with Crippen LogP contribution >= 0.6 is 24.8 Å². The largest absolute Gasteiger partial charge is 0.507 e. The van der Waals surface area contributed by atoms with E-state index in [9.17, 15) is 15.2 Å². The zero-order chi connectivity index (χ0) is 14.7. The van der Waals surface area contributed by atoms with Crippen molar-refractivity contribution >= 4 is 30.5 Å². The highest BCUT2D eigenvalue weighted by Crippen LogP contribution is 2.39. The van der Waals surface area contributed by atoms with Crippen molar-refractivity contribution in [3.05, 3.63) is 46.0 Å². The number of aromatic hydroxyl groups is 1. The van der Waals surface area contributed by atoms with Crippen LogP contribution in [-0.2, 0) is 0 Å². The van der Waals surface area contributed by atoms with Gasteiger partial charge in [0, 0.05) is 32.2 Å². The van der Waals surface area contributed by atoms with Gasteiger partial charge in [0.2, 0.25) is 0 Å². The van der Waals surface area contributed by atoms with Gasteiger partial charge in [-0.3, -0.25) is 15.0 Å². The van der Waals surface area contributed by atoms with E-state index >= 15 is 0 Å². The summed E-state index contributed by atoms with van der Waals surface area (Å²) in [7, 11) is 0. The number of nitrogens with one attached hydrogen (secondary N) is 1. The van der Waals surface area contributed by atoms with Crippen LogP contribution in [0.25, 0.3) is 0 Å². The summed E-state index contributed by atoms with van der Waals surface area (Å²) < 4.78 is 0. The van der Waals surface area contributed by atoms with E-state index in [0.717, 1.165) is 26.2 Å². The predicted molar refractivity (Wildman–Crippen MR) is 91.4 cm³/mol. The third-order valence-electron chi connectivity index (χ3n) is 3.66. The van der Waals surface area contributed by atoms with E-state index in [0.29, 0.717) is 11.1 Å². The summed E-state index contributed by atoms with van der Waals surface area (Å²) in [6.45, 7) is 8.70. The Balaban J connectivity index is 0.00000220. The number of hydrogen-bond acceptors (Lipinski definition) is 5. The van der Waals surface area contributed by atoms with E-state index < -0.39 is 4.92 Å². The number of phenols is 1. The van der Waals surface area contributed by atoms with Crippen LogP contribution in [0.4, 0.5) is 5.69 Å². The summed E-state index contributed by atoms with van der Waals surface area (Å²) in [6, 6.07) is 2.66. The van der Waals surface area contributed by atoms with E-state index in [1.54, 1.807) is 19.1 Å². The number of benzene rings is 1. The second-order valence-electron chi connectivity index (χ2n) is 4.89. The highest BCUT2D eigenvalue weighted by atomic mass is 35.5. The molecule has 0 aromatic heterocycles. The number of nitro groups is 1. The molecule has 2 N–H and O–H groups in total. The summed E-state index contributed by atoms with van der Waals surface area (Å²) in [5, 5.41) is 24.7. The fourth-order valence-corrected chi connectivity index (χ4v) is 2.57. The highest BCUT2D eigenvalue weighted by molar-refractivity contribution is 5.85. The fraction of sp³-hybridized carbons (Fsp3) is 0.429. The number of halogens is 2. The lowest BCUT2D eigenvalue weighted by Gasteiger charge is -2.33. The first kappa shape index (κ1) is 20.7. The Morgan fingerprint density at radius 1 is 1.41 bits per heavy atom. The lowest BCUT2D eigenvalue weighted by molar-refractivity contribution is -0.386. The normalized spacial score (nSPS) is 16.0. The maximum absolute atomic E-state index is 11.2. The molecule has 0 bridgehead atoms. The molecule has 1 atom stereocenters.